The summed E-state index contributed by atoms with van der Waals surface area (Å²) in [5.41, 5.74) is 0. The van der Waals surface area contributed by atoms with E-state index in [0.29, 0.717) is 5.75 Å². The van der Waals surface area contributed by atoms with Crippen LogP contribution in [-0.2, 0) is 4.57 Å². The first-order chi connectivity index (χ1) is 6.49. The Morgan fingerprint density at radius 2 is 1.86 bits per heavy atom. The highest BCUT2D eigenvalue weighted by molar-refractivity contribution is 7.56. The smallest absolute Gasteiger partial charge is 0.313 e. The van der Waals surface area contributed by atoms with E-state index in [9.17, 15) is 4.57 Å². The maximum absolute atomic E-state index is 11.9. The summed E-state index contributed by atoms with van der Waals surface area (Å²) < 4.78 is 17.2. The minimum atomic E-state index is -2.72. The molecule has 0 radical (unpaired) electrons. The normalized spacial score (nSPS) is 15.1. The lowest BCUT2D eigenvalue weighted by molar-refractivity contribution is 0.466. The van der Waals surface area contributed by atoms with E-state index in [2.05, 4.69) is 5.09 Å². The molecule has 0 bridgehead atoms. The summed E-state index contributed by atoms with van der Waals surface area (Å²) in [7, 11) is -2.72. The van der Waals surface area contributed by atoms with E-state index in [0.717, 1.165) is 0 Å². The second-order valence-corrected chi connectivity index (χ2v) is 5.67. The van der Waals surface area contributed by atoms with Crippen LogP contribution >= 0.6 is 7.52 Å². The highest BCUT2D eigenvalue weighted by atomic mass is 31.2. The van der Waals surface area contributed by atoms with Gasteiger partial charge in [-0.1, -0.05) is 18.2 Å². The Morgan fingerprint density at radius 1 is 1.29 bits per heavy atom. The molecular formula is C10H16NO2P. The summed E-state index contributed by atoms with van der Waals surface area (Å²) in [5, 5.41) is 2.90. The Morgan fingerprint density at radius 3 is 2.36 bits per heavy atom. The SMILES string of the molecule is CC(C)NP(C)(=O)Oc1ccccc1. The Balaban J connectivity index is 2.64. The first-order valence-corrected chi connectivity index (χ1v) is 6.67. The number of benzene rings is 1. The molecule has 1 aromatic carbocycles. The molecule has 78 valence electrons. The Labute approximate surface area is 85.0 Å². The van der Waals surface area contributed by atoms with Crippen LogP contribution in [0.3, 0.4) is 0 Å². The topological polar surface area (TPSA) is 38.3 Å². The molecule has 0 aliphatic heterocycles. The van der Waals surface area contributed by atoms with Crippen LogP contribution in [0.15, 0.2) is 30.3 Å². The molecule has 0 aromatic heterocycles. The summed E-state index contributed by atoms with van der Waals surface area (Å²) in [5.74, 6) is 0.631. The van der Waals surface area contributed by atoms with Gasteiger partial charge < -0.3 is 4.52 Å². The molecule has 0 saturated carbocycles. The van der Waals surface area contributed by atoms with Crippen LogP contribution in [0.5, 0.6) is 5.75 Å². The average Bonchev–Trinajstić information content (AvgIpc) is 2.02. The van der Waals surface area contributed by atoms with Gasteiger partial charge in [0.15, 0.2) is 0 Å². The molecule has 1 atom stereocenters. The van der Waals surface area contributed by atoms with Gasteiger partial charge in [-0.2, -0.15) is 0 Å². The zero-order valence-electron chi connectivity index (χ0n) is 8.73. The quantitative estimate of drug-likeness (QED) is 0.781. The third-order valence-corrected chi connectivity index (χ3v) is 3.06. The highest BCUT2D eigenvalue weighted by Crippen LogP contribution is 2.38. The molecule has 1 N–H and O–H groups in total. The van der Waals surface area contributed by atoms with Gasteiger partial charge in [0.25, 0.3) is 0 Å². The van der Waals surface area contributed by atoms with Crippen molar-refractivity contribution in [2.75, 3.05) is 6.66 Å². The van der Waals surface area contributed by atoms with E-state index in [1.165, 1.54) is 0 Å². The molecule has 0 aliphatic rings. The van der Waals surface area contributed by atoms with Crippen molar-refractivity contribution in [2.45, 2.75) is 19.9 Å². The number of para-hydroxylation sites is 1. The monoisotopic (exact) mass is 213 g/mol. The molecule has 4 heteroatoms. The molecule has 0 spiro atoms. The molecule has 14 heavy (non-hydrogen) atoms. The van der Waals surface area contributed by atoms with Crippen molar-refractivity contribution in [2.24, 2.45) is 0 Å². The molecular weight excluding hydrogens is 197 g/mol. The van der Waals surface area contributed by atoms with Crippen molar-refractivity contribution < 1.29 is 9.09 Å². The number of nitrogens with one attached hydrogen (secondary N) is 1. The number of hydrogen-bond donors (Lipinski definition) is 1. The van der Waals surface area contributed by atoms with Gasteiger partial charge in [0.2, 0.25) is 0 Å². The van der Waals surface area contributed by atoms with Crippen LogP contribution in [0.1, 0.15) is 13.8 Å². The Hall–Kier alpha value is -0.790. The minimum Gasteiger partial charge on any atom is -0.433 e. The van der Waals surface area contributed by atoms with Crippen LogP contribution in [0, 0.1) is 0 Å². The summed E-state index contributed by atoms with van der Waals surface area (Å²) in [6, 6.07) is 9.32. The van der Waals surface area contributed by atoms with Gasteiger partial charge >= 0.3 is 7.52 Å². The van der Waals surface area contributed by atoms with Gasteiger partial charge in [-0.25, -0.2) is 5.09 Å². The zero-order chi connectivity index (χ0) is 10.6. The summed E-state index contributed by atoms with van der Waals surface area (Å²) in [4.78, 5) is 0. The van der Waals surface area contributed by atoms with Crippen molar-refractivity contribution in [1.82, 2.24) is 5.09 Å². The fraction of sp³-hybridized carbons (Fsp3) is 0.400. The zero-order valence-corrected chi connectivity index (χ0v) is 9.62. The Bertz CT molecular complexity index is 324. The largest absolute Gasteiger partial charge is 0.433 e. The maximum atomic E-state index is 11.9. The van der Waals surface area contributed by atoms with E-state index >= 15 is 0 Å². The van der Waals surface area contributed by atoms with E-state index in [4.69, 9.17) is 4.52 Å². The molecule has 0 aliphatic carbocycles. The van der Waals surface area contributed by atoms with Crippen LogP contribution in [0.2, 0.25) is 0 Å². The molecule has 0 amide bonds. The second-order valence-electron chi connectivity index (χ2n) is 3.53. The van der Waals surface area contributed by atoms with Crippen molar-refractivity contribution in [1.29, 1.82) is 0 Å². The predicted molar refractivity (Wildman–Crippen MR) is 58.9 cm³/mol. The van der Waals surface area contributed by atoms with Crippen molar-refractivity contribution in [3.05, 3.63) is 30.3 Å². The Kier molecular flexibility index (Phi) is 3.73. The maximum Gasteiger partial charge on any atom is 0.313 e. The summed E-state index contributed by atoms with van der Waals surface area (Å²) in [6.45, 7) is 5.45. The molecule has 3 nitrogen and oxygen atoms in total. The van der Waals surface area contributed by atoms with Crippen LogP contribution in [-0.4, -0.2) is 12.7 Å². The molecule has 0 saturated heterocycles. The first-order valence-electron chi connectivity index (χ1n) is 4.59. The fourth-order valence-electron chi connectivity index (χ4n) is 1.18. The summed E-state index contributed by atoms with van der Waals surface area (Å²) >= 11 is 0. The van der Waals surface area contributed by atoms with Crippen molar-refractivity contribution in [3.63, 3.8) is 0 Å². The van der Waals surface area contributed by atoms with Gasteiger partial charge in [-0.3, -0.25) is 4.57 Å². The molecule has 0 fully saturated rings. The lowest BCUT2D eigenvalue weighted by Gasteiger charge is -2.18. The average molecular weight is 213 g/mol. The lowest BCUT2D eigenvalue weighted by atomic mass is 10.3. The molecule has 0 heterocycles. The van der Waals surface area contributed by atoms with Crippen LogP contribution < -0.4 is 9.61 Å². The van der Waals surface area contributed by atoms with E-state index < -0.39 is 7.52 Å². The van der Waals surface area contributed by atoms with Gasteiger partial charge in [-0.15, -0.1) is 0 Å². The fourth-order valence-corrected chi connectivity index (χ4v) is 2.69. The molecule has 1 aromatic rings. The van der Waals surface area contributed by atoms with Crippen molar-refractivity contribution in [3.8, 4) is 5.75 Å². The van der Waals surface area contributed by atoms with Gasteiger partial charge in [-0.05, 0) is 26.0 Å². The van der Waals surface area contributed by atoms with E-state index in [-0.39, 0.29) is 6.04 Å². The second kappa shape index (κ2) is 4.63. The van der Waals surface area contributed by atoms with Crippen molar-refractivity contribution >= 4 is 7.52 Å². The van der Waals surface area contributed by atoms with Crippen LogP contribution in [0.4, 0.5) is 0 Å². The standard InChI is InChI=1S/C10H16NO2P/c1-9(2)11-14(3,12)13-10-7-5-4-6-8-10/h4-9H,1-3H3,(H,11,12). The third kappa shape index (κ3) is 3.95. The highest BCUT2D eigenvalue weighted by Gasteiger charge is 2.17. The molecule has 1 rings (SSSR count). The lowest BCUT2D eigenvalue weighted by Crippen LogP contribution is -2.21. The van der Waals surface area contributed by atoms with Gasteiger partial charge in [0.1, 0.15) is 5.75 Å². The van der Waals surface area contributed by atoms with E-state index in [1.807, 2.05) is 32.0 Å². The van der Waals surface area contributed by atoms with Crippen LogP contribution in [0.25, 0.3) is 0 Å². The third-order valence-electron chi connectivity index (χ3n) is 1.52. The van der Waals surface area contributed by atoms with Gasteiger partial charge in [0.05, 0.1) is 0 Å². The first kappa shape index (κ1) is 11.3. The summed E-state index contributed by atoms with van der Waals surface area (Å²) in [6.07, 6.45) is 0. The number of hydrogen-bond acceptors (Lipinski definition) is 2. The van der Waals surface area contributed by atoms with Gasteiger partial charge in [0, 0.05) is 12.7 Å². The molecule has 1 unspecified atom stereocenters. The predicted octanol–water partition coefficient (Wildman–Crippen LogP) is 2.89. The van der Waals surface area contributed by atoms with E-state index in [1.54, 1.807) is 18.8 Å². The number of rotatable bonds is 4. The minimum absolute atomic E-state index is 0.148.